The van der Waals surface area contributed by atoms with Gasteiger partial charge in [-0.15, -0.1) is 0 Å². The minimum atomic E-state index is -4.50. The molecule has 5 nitrogen and oxygen atoms in total. The number of nitrogen functional groups attached to an aromatic ring is 1. The summed E-state index contributed by atoms with van der Waals surface area (Å²) in [6.45, 7) is -1.64. The zero-order valence-electron chi connectivity index (χ0n) is 10.3. The number of hydrogen-bond acceptors (Lipinski definition) is 3. The van der Waals surface area contributed by atoms with Crippen molar-refractivity contribution in [1.82, 2.24) is 9.88 Å². The summed E-state index contributed by atoms with van der Waals surface area (Å²) in [5.41, 5.74) is 5.71. The Morgan fingerprint density at radius 2 is 2.20 bits per heavy atom. The van der Waals surface area contributed by atoms with Gasteiger partial charge in [-0.2, -0.15) is 13.2 Å². The number of alkyl halides is 3. The number of carbonyl (C=O) groups is 1. The third kappa shape index (κ3) is 3.56. The van der Waals surface area contributed by atoms with E-state index in [0.717, 1.165) is 0 Å². The second-order valence-electron chi connectivity index (χ2n) is 4.20. The fourth-order valence-corrected chi connectivity index (χ4v) is 1.71. The molecule has 108 valence electrons. The second kappa shape index (κ2) is 5.32. The number of furan rings is 1. The molecule has 0 aliphatic heterocycles. The molecule has 0 radical (unpaired) electrons. The van der Waals surface area contributed by atoms with Gasteiger partial charge in [-0.3, -0.25) is 4.79 Å². The Morgan fingerprint density at radius 1 is 1.45 bits per heavy atom. The Morgan fingerprint density at radius 3 is 2.70 bits per heavy atom. The monoisotopic (exact) mass is 287 g/mol. The van der Waals surface area contributed by atoms with E-state index in [9.17, 15) is 18.0 Å². The van der Waals surface area contributed by atoms with E-state index < -0.39 is 18.6 Å². The van der Waals surface area contributed by atoms with Gasteiger partial charge in [-0.1, -0.05) is 0 Å². The van der Waals surface area contributed by atoms with Crippen molar-refractivity contribution in [2.24, 2.45) is 0 Å². The molecule has 3 N–H and O–H groups in total. The number of nitrogens with two attached hydrogens (primary N) is 1. The molecule has 0 spiro atoms. The highest BCUT2D eigenvalue weighted by atomic mass is 19.4. The number of aromatic amines is 1. The topological polar surface area (TPSA) is 75.3 Å². The largest absolute Gasteiger partial charge is 0.467 e. The highest BCUT2D eigenvalue weighted by molar-refractivity contribution is 5.93. The number of carbonyl (C=O) groups excluding carboxylic acids is 1. The first kappa shape index (κ1) is 14.0. The lowest BCUT2D eigenvalue weighted by atomic mass is 10.3. The maximum absolute atomic E-state index is 12.6. The van der Waals surface area contributed by atoms with Gasteiger partial charge in [0.2, 0.25) is 0 Å². The van der Waals surface area contributed by atoms with Crippen molar-refractivity contribution in [2.75, 3.05) is 12.3 Å². The van der Waals surface area contributed by atoms with E-state index in [1.165, 1.54) is 30.7 Å². The summed E-state index contributed by atoms with van der Waals surface area (Å²) in [5, 5.41) is 0. The van der Waals surface area contributed by atoms with Gasteiger partial charge < -0.3 is 20.0 Å². The van der Waals surface area contributed by atoms with Crippen LogP contribution in [0.4, 0.5) is 18.9 Å². The normalized spacial score (nSPS) is 11.6. The van der Waals surface area contributed by atoms with Gasteiger partial charge >= 0.3 is 6.18 Å². The number of halogens is 3. The first-order valence-electron chi connectivity index (χ1n) is 5.67. The Kier molecular flexibility index (Phi) is 3.73. The van der Waals surface area contributed by atoms with E-state index >= 15 is 0 Å². The van der Waals surface area contributed by atoms with Crippen LogP contribution in [0.1, 0.15) is 16.2 Å². The van der Waals surface area contributed by atoms with Gasteiger partial charge in [0.05, 0.1) is 12.8 Å². The van der Waals surface area contributed by atoms with Crippen molar-refractivity contribution in [2.45, 2.75) is 12.7 Å². The smallest absolute Gasteiger partial charge is 0.406 e. The molecule has 0 bridgehead atoms. The number of amides is 1. The summed E-state index contributed by atoms with van der Waals surface area (Å²) >= 11 is 0. The first-order chi connectivity index (χ1) is 9.35. The molecular weight excluding hydrogens is 275 g/mol. The Balaban J connectivity index is 2.19. The molecular formula is C12H12F3N3O2. The summed E-state index contributed by atoms with van der Waals surface area (Å²) in [6.07, 6.45) is -1.83. The molecule has 2 aromatic heterocycles. The Hall–Kier alpha value is -2.38. The Labute approximate surface area is 112 Å². The zero-order valence-corrected chi connectivity index (χ0v) is 10.3. The van der Waals surface area contributed by atoms with Crippen molar-refractivity contribution in [3.8, 4) is 0 Å². The number of hydrogen-bond donors (Lipinski definition) is 2. The van der Waals surface area contributed by atoms with Crippen LogP contribution < -0.4 is 5.73 Å². The van der Waals surface area contributed by atoms with Gasteiger partial charge in [0, 0.05) is 11.9 Å². The van der Waals surface area contributed by atoms with Crippen molar-refractivity contribution in [3.63, 3.8) is 0 Å². The number of H-pyrrole nitrogens is 1. The number of anilines is 1. The fraction of sp³-hybridized carbons (Fsp3) is 0.250. The second-order valence-corrected chi connectivity index (χ2v) is 4.20. The highest BCUT2D eigenvalue weighted by Crippen LogP contribution is 2.20. The van der Waals surface area contributed by atoms with Crippen LogP contribution in [0.15, 0.2) is 35.1 Å². The van der Waals surface area contributed by atoms with Crippen LogP contribution in [-0.4, -0.2) is 28.5 Å². The molecule has 0 saturated heterocycles. The lowest BCUT2D eigenvalue weighted by Gasteiger charge is -2.22. The maximum atomic E-state index is 12.6. The Bertz CT molecular complexity index is 575. The number of aromatic nitrogens is 1. The minimum Gasteiger partial charge on any atom is -0.467 e. The number of nitrogens with zero attached hydrogens (tertiary/aromatic N) is 1. The summed E-state index contributed by atoms with van der Waals surface area (Å²) in [6, 6.07) is 4.33. The molecule has 20 heavy (non-hydrogen) atoms. The van der Waals surface area contributed by atoms with Gasteiger partial charge in [0.1, 0.15) is 18.0 Å². The van der Waals surface area contributed by atoms with Crippen molar-refractivity contribution in [1.29, 1.82) is 0 Å². The SMILES string of the molecule is Nc1c[nH]c(C(=O)N(Cc2ccco2)CC(F)(F)F)c1. The lowest BCUT2D eigenvalue weighted by molar-refractivity contribution is -0.142. The molecule has 1 amide bonds. The molecule has 0 saturated carbocycles. The molecule has 0 aromatic carbocycles. The number of rotatable bonds is 4. The third-order valence-electron chi connectivity index (χ3n) is 2.52. The van der Waals surface area contributed by atoms with E-state index in [-0.39, 0.29) is 23.7 Å². The zero-order chi connectivity index (χ0) is 14.8. The highest BCUT2D eigenvalue weighted by Gasteiger charge is 2.34. The quantitative estimate of drug-likeness (QED) is 0.906. The molecule has 0 aliphatic rings. The van der Waals surface area contributed by atoms with Crippen LogP contribution >= 0.6 is 0 Å². The third-order valence-corrected chi connectivity index (χ3v) is 2.52. The van der Waals surface area contributed by atoms with Gasteiger partial charge in [-0.25, -0.2) is 0 Å². The van der Waals surface area contributed by atoms with Gasteiger partial charge in [-0.05, 0) is 18.2 Å². The molecule has 2 rings (SSSR count). The molecule has 2 aromatic rings. The van der Waals surface area contributed by atoms with Crippen LogP contribution in [0, 0.1) is 0 Å². The molecule has 0 fully saturated rings. The molecule has 0 aliphatic carbocycles. The van der Waals surface area contributed by atoms with Gasteiger partial charge in [0.15, 0.2) is 0 Å². The predicted molar refractivity (Wildman–Crippen MR) is 64.7 cm³/mol. The standard InChI is InChI=1S/C12H12F3N3O2/c13-12(14,15)7-18(6-9-2-1-3-20-9)11(19)10-4-8(16)5-17-10/h1-5,17H,6-7,16H2. The molecule has 8 heteroatoms. The van der Waals surface area contributed by atoms with Crippen molar-refractivity contribution >= 4 is 11.6 Å². The summed E-state index contributed by atoms with van der Waals surface area (Å²) in [5.74, 6) is -0.530. The van der Waals surface area contributed by atoms with E-state index in [4.69, 9.17) is 10.2 Å². The first-order valence-corrected chi connectivity index (χ1v) is 5.67. The van der Waals surface area contributed by atoms with Crippen LogP contribution in [0.5, 0.6) is 0 Å². The van der Waals surface area contributed by atoms with E-state index in [0.29, 0.717) is 4.90 Å². The molecule has 2 heterocycles. The molecule has 0 unspecified atom stereocenters. The fourth-order valence-electron chi connectivity index (χ4n) is 1.71. The van der Waals surface area contributed by atoms with Crippen LogP contribution in [0.2, 0.25) is 0 Å². The average Bonchev–Trinajstić information content (AvgIpc) is 2.97. The minimum absolute atomic E-state index is 0.00157. The molecule has 0 atom stereocenters. The summed E-state index contributed by atoms with van der Waals surface area (Å²) in [4.78, 5) is 15.2. The van der Waals surface area contributed by atoms with E-state index in [2.05, 4.69) is 4.98 Å². The van der Waals surface area contributed by atoms with Gasteiger partial charge in [0.25, 0.3) is 5.91 Å². The van der Waals surface area contributed by atoms with Crippen molar-refractivity contribution in [3.05, 3.63) is 42.1 Å². The lowest BCUT2D eigenvalue weighted by Crippen LogP contribution is -2.38. The van der Waals surface area contributed by atoms with Crippen LogP contribution in [0.3, 0.4) is 0 Å². The predicted octanol–water partition coefficient (Wildman–Crippen LogP) is 2.39. The average molecular weight is 287 g/mol. The van der Waals surface area contributed by atoms with E-state index in [1.54, 1.807) is 0 Å². The number of nitrogens with one attached hydrogen (secondary N) is 1. The maximum Gasteiger partial charge on any atom is 0.406 e. The van der Waals surface area contributed by atoms with Crippen LogP contribution in [0.25, 0.3) is 0 Å². The summed E-state index contributed by atoms with van der Waals surface area (Å²) < 4.78 is 42.6. The van der Waals surface area contributed by atoms with Crippen LogP contribution in [-0.2, 0) is 6.54 Å². The van der Waals surface area contributed by atoms with E-state index in [1.807, 2.05) is 0 Å². The summed E-state index contributed by atoms with van der Waals surface area (Å²) in [7, 11) is 0. The van der Waals surface area contributed by atoms with Crippen molar-refractivity contribution < 1.29 is 22.4 Å².